The molecule has 2 heteroatoms. The highest BCUT2D eigenvalue weighted by Gasteiger charge is 2.41. The van der Waals surface area contributed by atoms with E-state index < -0.39 is 0 Å². The summed E-state index contributed by atoms with van der Waals surface area (Å²) in [5.41, 5.74) is 0. The normalized spacial score (nSPS) is 31.5. The minimum atomic E-state index is -0.169. The van der Waals surface area contributed by atoms with Crippen LogP contribution in [0.15, 0.2) is 0 Å². The van der Waals surface area contributed by atoms with Crippen molar-refractivity contribution in [2.75, 3.05) is 13.2 Å². The Bertz CT molecular complexity index is 183. The molecule has 2 aliphatic rings. The predicted molar refractivity (Wildman–Crippen MR) is 56.0 cm³/mol. The van der Waals surface area contributed by atoms with E-state index >= 15 is 0 Å². The zero-order valence-electron chi connectivity index (χ0n) is 9.42. The SMILES string of the molecule is CC(C)CC1CCCC2(C1)OCCO2. The summed E-state index contributed by atoms with van der Waals surface area (Å²) in [6.45, 7) is 6.21. The molecule has 0 radical (unpaired) electrons. The first-order chi connectivity index (χ1) is 6.70. The van der Waals surface area contributed by atoms with Gasteiger partial charge in [-0.25, -0.2) is 0 Å². The molecule has 1 saturated heterocycles. The topological polar surface area (TPSA) is 18.5 Å². The molecular formula is C12H22O2. The first kappa shape index (κ1) is 10.4. The van der Waals surface area contributed by atoms with Crippen molar-refractivity contribution < 1.29 is 9.47 Å². The molecule has 1 spiro atoms. The Morgan fingerprint density at radius 3 is 2.64 bits per heavy atom. The van der Waals surface area contributed by atoms with Crippen LogP contribution in [-0.4, -0.2) is 19.0 Å². The summed E-state index contributed by atoms with van der Waals surface area (Å²) >= 11 is 0. The van der Waals surface area contributed by atoms with Crippen LogP contribution in [0.2, 0.25) is 0 Å². The lowest BCUT2D eigenvalue weighted by atomic mass is 9.80. The van der Waals surface area contributed by atoms with Gasteiger partial charge in [0.15, 0.2) is 5.79 Å². The molecule has 1 aliphatic carbocycles. The molecule has 1 atom stereocenters. The minimum Gasteiger partial charge on any atom is -0.348 e. The fourth-order valence-corrected chi connectivity index (χ4v) is 2.93. The largest absolute Gasteiger partial charge is 0.348 e. The van der Waals surface area contributed by atoms with E-state index in [0.717, 1.165) is 37.9 Å². The Morgan fingerprint density at radius 1 is 1.29 bits per heavy atom. The van der Waals surface area contributed by atoms with Gasteiger partial charge in [-0.1, -0.05) is 20.3 Å². The van der Waals surface area contributed by atoms with E-state index in [1.807, 2.05) is 0 Å². The molecule has 82 valence electrons. The van der Waals surface area contributed by atoms with Gasteiger partial charge in [0.1, 0.15) is 0 Å². The maximum absolute atomic E-state index is 5.77. The van der Waals surface area contributed by atoms with Gasteiger partial charge in [-0.15, -0.1) is 0 Å². The van der Waals surface area contributed by atoms with E-state index in [-0.39, 0.29) is 5.79 Å². The Morgan fingerprint density at radius 2 is 2.00 bits per heavy atom. The zero-order chi connectivity index (χ0) is 10.0. The molecule has 0 amide bonds. The van der Waals surface area contributed by atoms with Crippen LogP contribution in [0.25, 0.3) is 0 Å². The third-order valence-electron chi connectivity index (χ3n) is 3.39. The van der Waals surface area contributed by atoms with Gasteiger partial charge in [-0.05, 0) is 24.7 Å². The first-order valence-electron chi connectivity index (χ1n) is 5.98. The zero-order valence-corrected chi connectivity index (χ0v) is 9.42. The molecule has 0 aromatic heterocycles. The number of rotatable bonds is 2. The molecule has 2 fully saturated rings. The highest BCUT2D eigenvalue weighted by molar-refractivity contribution is 4.83. The average Bonchev–Trinajstić information content (AvgIpc) is 2.52. The second-order valence-corrected chi connectivity index (χ2v) is 5.20. The van der Waals surface area contributed by atoms with Crippen LogP contribution in [0.5, 0.6) is 0 Å². The number of hydrogen-bond donors (Lipinski definition) is 0. The second kappa shape index (κ2) is 4.19. The molecule has 0 aromatic rings. The average molecular weight is 198 g/mol. The second-order valence-electron chi connectivity index (χ2n) is 5.20. The quantitative estimate of drug-likeness (QED) is 0.679. The molecule has 2 rings (SSSR count). The molecule has 1 aliphatic heterocycles. The Kier molecular flexibility index (Phi) is 3.13. The predicted octanol–water partition coefficient (Wildman–Crippen LogP) is 2.97. The lowest BCUT2D eigenvalue weighted by molar-refractivity contribution is -0.187. The minimum absolute atomic E-state index is 0.169. The number of ether oxygens (including phenoxy) is 2. The smallest absolute Gasteiger partial charge is 0.168 e. The van der Waals surface area contributed by atoms with Crippen LogP contribution in [0.1, 0.15) is 46.0 Å². The Hall–Kier alpha value is -0.0800. The van der Waals surface area contributed by atoms with Gasteiger partial charge in [-0.3, -0.25) is 0 Å². The van der Waals surface area contributed by atoms with Crippen LogP contribution >= 0.6 is 0 Å². The molecule has 1 saturated carbocycles. The molecule has 0 aromatic carbocycles. The van der Waals surface area contributed by atoms with Crippen molar-refractivity contribution in [1.29, 1.82) is 0 Å². The molecule has 1 heterocycles. The third kappa shape index (κ3) is 2.29. The lowest BCUT2D eigenvalue weighted by Gasteiger charge is -2.36. The molecule has 0 bridgehead atoms. The van der Waals surface area contributed by atoms with Crippen molar-refractivity contribution in [3.8, 4) is 0 Å². The maximum atomic E-state index is 5.77. The van der Waals surface area contributed by atoms with Gasteiger partial charge in [0.25, 0.3) is 0 Å². The highest BCUT2D eigenvalue weighted by atomic mass is 16.7. The summed E-state index contributed by atoms with van der Waals surface area (Å²) < 4.78 is 11.5. The van der Waals surface area contributed by atoms with Crippen molar-refractivity contribution in [2.45, 2.75) is 51.7 Å². The standard InChI is InChI=1S/C12H22O2/c1-10(2)8-11-4-3-5-12(9-11)13-6-7-14-12/h10-11H,3-9H2,1-2H3. The molecule has 0 N–H and O–H groups in total. The van der Waals surface area contributed by atoms with Gasteiger partial charge in [-0.2, -0.15) is 0 Å². The van der Waals surface area contributed by atoms with Crippen molar-refractivity contribution in [3.63, 3.8) is 0 Å². The van der Waals surface area contributed by atoms with Crippen molar-refractivity contribution in [1.82, 2.24) is 0 Å². The maximum Gasteiger partial charge on any atom is 0.168 e. The lowest BCUT2D eigenvalue weighted by Crippen LogP contribution is -2.36. The van der Waals surface area contributed by atoms with E-state index in [9.17, 15) is 0 Å². The monoisotopic (exact) mass is 198 g/mol. The molecule has 1 unspecified atom stereocenters. The Labute approximate surface area is 87.0 Å². The van der Waals surface area contributed by atoms with E-state index in [2.05, 4.69) is 13.8 Å². The summed E-state index contributed by atoms with van der Waals surface area (Å²) in [5, 5.41) is 0. The summed E-state index contributed by atoms with van der Waals surface area (Å²) in [6, 6.07) is 0. The van der Waals surface area contributed by atoms with Crippen LogP contribution in [-0.2, 0) is 9.47 Å². The fourth-order valence-electron chi connectivity index (χ4n) is 2.93. The summed E-state index contributed by atoms with van der Waals surface area (Å²) in [4.78, 5) is 0. The molecule has 14 heavy (non-hydrogen) atoms. The fraction of sp³-hybridized carbons (Fsp3) is 1.00. The summed E-state index contributed by atoms with van der Waals surface area (Å²) in [6.07, 6.45) is 6.21. The van der Waals surface area contributed by atoms with Crippen LogP contribution < -0.4 is 0 Å². The first-order valence-corrected chi connectivity index (χ1v) is 5.98. The highest BCUT2D eigenvalue weighted by Crippen LogP contribution is 2.40. The summed E-state index contributed by atoms with van der Waals surface area (Å²) in [5.74, 6) is 1.45. The third-order valence-corrected chi connectivity index (χ3v) is 3.39. The number of hydrogen-bond acceptors (Lipinski definition) is 2. The van der Waals surface area contributed by atoms with Crippen LogP contribution in [0.3, 0.4) is 0 Å². The van der Waals surface area contributed by atoms with Gasteiger partial charge < -0.3 is 9.47 Å². The van der Waals surface area contributed by atoms with E-state index in [0.29, 0.717) is 0 Å². The van der Waals surface area contributed by atoms with Gasteiger partial charge in [0, 0.05) is 12.8 Å². The Balaban J connectivity index is 1.90. The van der Waals surface area contributed by atoms with Crippen molar-refractivity contribution >= 4 is 0 Å². The van der Waals surface area contributed by atoms with Gasteiger partial charge >= 0.3 is 0 Å². The van der Waals surface area contributed by atoms with Crippen LogP contribution in [0.4, 0.5) is 0 Å². The molecule has 2 nitrogen and oxygen atoms in total. The van der Waals surface area contributed by atoms with Crippen molar-refractivity contribution in [2.24, 2.45) is 11.8 Å². The molecular weight excluding hydrogens is 176 g/mol. The van der Waals surface area contributed by atoms with Gasteiger partial charge in [0.2, 0.25) is 0 Å². The van der Waals surface area contributed by atoms with Gasteiger partial charge in [0.05, 0.1) is 13.2 Å². The van der Waals surface area contributed by atoms with E-state index in [4.69, 9.17) is 9.47 Å². The van der Waals surface area contributed by atoms with E-state index in [1.165, 1.54) is 19.3 Å². The summed E-state index contributed by atoms with van der Waals surface area (Å²) in [7, 11) is 0. The van der Waals surface area contributed by atoms with Crippen LogP contribution in [0, 0.1) is 11.8 Å². The van der Waals surface area contributed by atoms with E-state index in [1.54, 1.807) is 0 Å². The van der Waals surface area contributed by atoms with Crippen molar-refractivity contribution in [3.05, 3.63) is 0 Å².